The zero-order valence-corrected chi connectivity index (χ0v) is 6.76. The third kappa shape index (κ3) is 1.05. The lowest BCUT2D eigenvalue weighted by molar-refractivity contribution is 0.568. The van der Waals surface area contributed by atoms with E-state index in [1.807, 2.05) is 18.4 Å². The molecule has 2 aromatic rings. The smallest absolute Gasteiger partial charge is 0.248 e. The Morgan fingerprint density at radius 2 is 2.45 bits per heavy atom. The van der Waals surface area contributed by atoms with E-state index in [0.29, 0.717) is 5.89 Å². The van der Waals surface area contributed by atoms with Crippen molar-refractivity contribution in [1.82, 2.24) is 10.2 Å². The van der Waals surface area contributed by atoms with E-state index in [9.17, 15) is 0 Å². The summed E-state index contributed by atoms with van der Waals surface area (Å²) in [6.07, 6.45) is 1.34. The molecule has 0 aromatic carbocycles. The molecule has 11 heavy (non-hydrogen) atoms. The molecule has 0 saturated heterocycles. The summed E-state index contributed by atoms with van der Waals surface area (Å²) in [5, 5.41) is 9.43. The molecule has 0 amide bonds. The minimum atomic E-state index is 0.601. The van der Waals surface area contributed by atoms with E-state index in [4.69, 9.17) is 4.42 Å². The van der Waals surface area contributed by atoms with Crippen LogP contribution in [0.25, 0.3) is 11.5 Å². The van der Waals surface area contributed by atoms with Crippen LogP contribution in [-0.2, 0) is 0 Å². The SMILES string of the molecule is Cc1sccc1-c1nnco1. The Morgan fingerprint density at radius 3 is 3.00 bits per heavy atom. The van der Waals surface area contributed by atoms with Crippen molar-refractivity contribution in [3.05, 3.63) is 22.7 Å². The van der Waals surface area contributed by atoms with Gasteiger partial charge < -0.3 is 4.42 Å². The van der Waals surface area contributed by atoms with Gasteiger partial charge in [0, 0.05) is 4.88 Å². The zero-order chi connectivity index (χ0) is 7.68. The van der Waals surface area contributed by atoms with Gasteiger partial charge in [-0.3, -0.25) is 0 Å². The van der Waals surface area contributed by atoms with Crippen LogP contribution in [0, 0.1) is 6.92 Å². The maximum absolute atomic E-state index is 5.04. The second-order valence-electron chi connectivity index (χ2n) is 2.13. The van der Waals surface area contributed by atoms with Crippen LogP contribution in [0.3, 0.4) is 0 Å². The van der Waals surface area contributed by atoms with Gasteiger partial charge in [-0.15, -0.1) is 21.5 Å². The second kappa shape index (κ2) is 2.47. The molecule has 2 rings (SSSR count). The zero-order valence-electron chi connectivity index (χ0n) is 5.94. The molecule has 0 unspecified atom stereocenters. The molecule has 0 atom stereocenters. The molecule has 3 nitrogen and oxygen atoms in total. The summed E-state index contributed by atoms with van der Waals surface area (Å²) in [4.78, 5) is 1.20. The summed E-state index contributed by atoms with van der Waals surface area (Å²) < 4.78 is 5.04. The van der Waals surface area contributed by atoms with Crippen LogP contribution in [0.4, 0.5) is 0 Å². The summed E-state index contributed by atoms with van der Waals surface area (Å²) in [7, 11) is 0. The molecule has 56 valence electrons. The fourth-order valence-electron chi connectivity index (χ4n) is 0.897. The Bertz CT molecular complexity index is 339. The second-order valence-corrected chi connectivity index (χ2v) is 3.25. The van der Waals surface area contributed by atoms with E-state index in [0.717, 1.165) is 5.56 Å². The molecule has 0 N–H and O–H groups in total. The number of aromatic nitrogens is 2. The van der Waals surface area contributed by atoms with Gasteiger partial charge in [0.1, 0.15) is 0 Å². The molecule has 0 radical (unpaired) electrons. The van der Waals surface area contributed by atoms with Crippen LogP contribution in [-0.4, -0.2) is 10.2 Å². The van der Waals surface area contributed by atoms with Crippen LogP contribution in [0.1, 0.15) is 4.88 Å². The standard InChI is InChI=1S/C7H6N2OS/c1-5-6(2-3-11-5)7-9-8-4-10-7/h2-4H,1H3. The van der Waals surface area contributed by atoms with Crippen LogP contribution in [0.2, 0.25) is 0 Å². The van der Waals surface area contributed by atoms with Crippen molar-refractivity contribution >= 4 is 11.3 Å². The largest absolute Gasteiger partial charge is 0.423 e. The Labute approximate surface area is 67.7 Å². The van der Waals surface area contributed by atoms with Crippen molar-refractivity contribution in [1.29, 1.82) is 0 Å². The average Bonchev–Trinajstić information content (AvgIpc) is 2.55. The first-order valence-electron chi connectivity index (χ1n) is 3.18. The molecule has 0 bridgehead atoms. The Hall–Kier alpha value is -1.16. The fourth-order valence-corrected chi connectivity index (χ4v) is 1.59. The van der Waals surface area contributed by atoms with Crippen LogP contribution < -0.4 is 0 Å². The summed E-state index contributed by atoms with van der Waals surface area (Å²) in [6, 6.07) is 1.98. The third-order valence-corrected chi connectivity index (χ3v) is 2.29. The lowest BCUT2D eigenvalue weighted by Gasteiger charge is -1.88. The van der Waals surface area contributed by atoms with Gasteiger partial charge in [-0.2, -0.15) is 0 Å². The number of hydrogen-bond donors (Lipinski definition) is 0. The maximum atomic E-state index is 5.04. The van der Waals surface area contributed by atoms with Crippen molar-refractivity contribution in [2.24, 2.45) is 0 Å². The number of nitrogens with zero attached hydrogens (tertiary/aromatic N) is 2. The van der Waals surface area contributed by atoms with Crippen molar-refractivity contribution in [3.63, 3.8) is 0 Å². The topological polar surface area (TPSA) is 38.9 Å². The molecule has 0 aliphatic rings. The van der Waals surface area contributed by atoms with E-state index in [2.05, 4.69) is 10.2 Å². The molecule has 0 spiro atoms. The summed E-state index contributed by atoms with van der Waals surface area (Å²) >= 11 is 1.67. The lowest BCUT2D eigenvalue weighted by atomic mass is 10.3. The van der Waals surface area contributed by atoms with E-state index in [1.165, 1.54) is 11.3 Å². The number of aryl methyl sites for hydroxylation is 1. The van der Waals surface area contributed by atoms with E-state index >= 15 is 0 Å². The Kier molecular flexibility index (Phi) is 1.47. The van der Waals surface area contributed by atoms with Gasteiger partial charge in [0.05, 0.1) is 5.56 Å². The average molecular weight is 166 g/mol. The lowest BCUT2D eigenvalue weighted by Crippen LogP contribution is -1.75. The highest BCUT2D eigenvalue weighted by Gasteiger charge is 2.06. The van der Waals surface area contributed by atoms with Crippen molar-refractivity contribution < 1.29 is 4.42 Å². The first-order valence-corrected chi connectivity index (χ1v) is 4.06. The molecular weight excluding hydrogens is 160 g/mol. The minimum absolute atomic E-state index is 0.601. The molecule has 4 heteroatoms. The van der Waals surface area contributed by atoms with Crippen LogP contribution >= 0.6 is 11.3 Å². The quantitative estimate of drug-likeness (QED) is 0.651. The maximum Gasteiger partial charge on any atom is 0.248 e. The van der Waals surface area contributed by atoms with Gasteiger partial charge in [0.2, 0.25) is 12.3 Å². The molecule has 0 aliphatic carbocycles. The molecular formula is C7H6N2OS. The van der Waals surface area contributed by atoms with Crippen LogP contribution in [0.15, 0.2) is 22.3 Å². The fraction of sp³-hybridized carbons (Fsp3) is 0.143. The highest BCUT2D eigenvalue weighted by atomic mass is 32.1. The Morgan fingerprint density at radius 1 is 1.55 bits per heavy atom. The van der Waals surface area contributed by atoms with Crippen molar-refractivity contribution in [2.75, 3.05) is 0 Å². The molecule has 2 aromatic heterocycles. The van der Waals surface area contributed by atoms with E-state index < -0.39 is 0 Å². The molecule has 2 heterocycles. The van der Waals surface area contributed by atoms with Gasteiger partial charge in [0.25, 0.3) is 0 Å². The predicted molar refractivity (Wildman–Crippen MR) is 42.3 cm³/mol. The third-order valence-electron chi connectivity index (χ3n) is 1.45. The van der Waals surface area contributed by atoms with Gasteiger partial charge in [0.15, 0.2) is 0 Å². The molecule has 0 fully saturated rings. The predicted octanol–water partition coefficient (Wildman–Crippen LogP) is 2.11. The number of rotatable bonds is 1. The van der Waals surface area contributed by atoms with Gasteiger partial charge in [-0.25, -0.2) is 0 Å². The molecule has 0 saturated carbocycles. The van der Waals surface area contributed by atoms with Crippen LogP contribution in [0.5, 0.6) is 0 Å². The Balaban J connectivity index is 2.53. The normalized spacial score (nSPS) is 10.3. The number of thiophene rings is 1. The summed E-state index contributed by atoms with van der Waals surface area (Å²) in [5.74, 6) is 0.601. The van der Waals surface area contributed by atoms with E-state index in [1.54, 1.807) is 11.3 Å². The monoisotopic (exact) mass is 166 g/mol. The number of hydrogen-bond acceptors (Lipinski definition) is 4. The van der Waals surface area contributed by atoms with Gasteiger partial charge >= 0.3 is 0 Å². The first kappa shape index (κ1) is 6.54. The first-order chi connectivity index (χ1) is 5.38. The van der Waals surface area contributed by atoms with E-state index in [-0.39, 0.29) is 0 Å². The highest BCUT2D eigenvalue weighted by molar-refractivity contribution is 7.10. The van der Waals surface area contributed by atoms with Gasteiger partial charge in [-0.1, -0.05) is 0 Å². The summed E-state index contributed by atoms with van der Waals surface area (Å²) in [5.41, 5.74) is 1.03. The van der Waals surface area contributed by atoms with Gasteiger partial charge in [-0.05, 0) is 18.4 Å². The van der Waals surface area contributed by atoms with Crippen molar-refractivity contribution in [3.8, 4) is 11.5 Å². The molecule has 0 aliphatic heterocycles. The highest BCUT2D eigenvalue weighted by Crippen LogP contribution is 2.24. The minimum Gasteiger partial charge on any atom is -0.423 e. The summed E-state index contributed by atoms with van der Waals surface area (Å²) in [6.45, 7) is 2.03. The van der Waals surface area contributed by atoms with Crippen molar-refractivity contribution in [2.45, 2.75) is 6.92 Å².